The van der Waals surface area contributed by atoms with Gasteiger partial charge in [0, 0.05) is 0 Å². The van der Waals surface area contributed by atoms with Crippen LogP contribution in [0.15, 0.2) is 24.3 Å². The normalized spacial score (nSPS) is 9.27. The van der Waals surface area contributed by atoms with Gasteiger partial charge in [-0.2, -0.15) is 0 Å². The molecule has 1 nitrogen and oxygen atoms in total. The van der Waals surface area contributed by atoms with E-state index in [1.54, 1.807) is 0 Å². The van der Waals surface area contributed by atoms with Crippen LogP contribution in [-0.4, -0.2) is 4.51 Å². The number of hydrogen-bond acceptors (Lipinski definition) is 2. The molecule has 1 aromatic carbocycles. The molecule has 4 heteroatoms. The Morgan fingerprint density at radius 2 is 1.91 bits per heavy atom. The molecule has 0 fully saturated rings. The first kappa shape index (κ1) is 8.43. The van der Waals surface area contributed by atoms with Crippen LogP contribution in [0.4, 0.5) is 4.39 Å². The van der Waals surface area contributed by atoms with E-state index in [1.807, 2.05) is 0 Å². The quantitative estimate of drug-likeness (QED) is 0.498. The molecule has 0 aromatic heterocycles. The Hall–Kier alpha value is -0.670. The third-order valence-corrected chi connectivity index (χ3v) is 1.17. The summed E-state index contributed by atoms with van der Waals surface area (Å²) in [6, 6.07) is 5.43. The summed E-state index contributed by atoms with van der Waals surface area (Å²) >= 11 is 9.73. The van der Waals surface area contributed by atoms with Gasteiger partial charge in [0.25, 0.3) is 4.51 Å². The zero-order chi connectivity index (χ0) is 8.27. The molecule has 0 spiro atoms. The van der Waals surface area contributed by atoms with E-state index in [-0.39, 0.29) is 10.3 Å². The molecule has 0 saturated carbocycles. The minimum atomic E-state index is -0.321. The van der Waals surface area contributed by atoms with Crippen LogP contribution in [0.25, 0.3) is 0 Å². The smallest absolute Gasteiger partial charge is 0.260 e. The van der Waals surface area contributed by atoms with Gasteiger partial charge in [0.15, 0.2) is 0 Å². The zero-order valence-electron chi connectivity index (χ0n) is 5.38. The van der Waals surface area contributed by atoms with Crippen LogP contribution < -0.4 is 4.74 Å². The Kier molecular flexibility index (Phi) is 2.79. The Morgan fingerprint density at radius 1 is 1.36 bits per heavy atom. The summed E-state index contributed by atoms with van der Waals surface area (Å²) < 4.78 is 17.0. The van der Waals surface area contributed by atoms with Crippen LogP contribution in [-0.2, 0) is 0 Å². The molecule has 11 heavy (non-hydrogen) atoms. The van der Waals surface area contributed by atoms with E-state index in [0.29, 0.717) is 5.75 Å². The van der Waals surface area contributed by atoms with Gasteiger partial charge in [-0.25, -0.2) is 4.39 Å². The van der Waals surface area contributed by atoms with Crippen molar-refractivity contribution in [2.45, 2.75) is 0 Å². The van der Waals surface area contributed by atoms with Crippen LogP contribution in [0.3, 0.4) is 0 Å². The Balaban J connectivity index is 2.74. The van der Waals surface area contributed by atoms with Gasteiger partial charge >= 0.3 is 0 Å². The van der Waals surface area contributed by atoms with Crippen LogP contribution in [0.1, 0.15) is 0 Å². The van der Waals surface area contributed by atoms with Crippen molar-refractivity contribution in [3.8, 4) is 5.75 Å². The molecule has 1 aromatic rings. The third kappa shape index (κ3) is 2.82. The highest BCUT2D eigenvalue weighted by atomic mass is 35.5. The standard InChI is InChI=1S/C7H4ClFOS/c8-7(11)10-6-3-1-5(9)2-4-6/h1-4H. The van der Waals surface area contributed by atoms with Crippen molar-refractivity contribution >= 4 is 28.3 Å². The SMILES string of the molecule is Fc1ccc(OC(=S)Cl)cc1. The van der Waals surface area contributed by atoms with E-state index in [1.165, 1.54) is 24.3 Å². The summed E-state index contributed by atoms with van der Waals surface area (Å²) in [7, 11) is 0. The van der Waals surface area contributed by atoms with Crippen molar-refractivity contribution in [1.82, 2.24) is 0 Å². The van der Waals surface area contributed by atoms with E-state index in [4.69, 9.17) is 16.3 Å². The highest BCUT2D eigenvalue weighted by molar-refractivity contribution is 7.82. The molecule has 0 bridgehead atoms. The molecule has 58 valence electrons. The maximum absolute atomic E-state index is 12.3. The van der Waals surface area contributed by atoms with Crippen molar-refractivity contribution in [2.75, 3.05) is 0 Å². The molecule has 0 amide bonds. The fraction of sp³-hybridized carbons (Fsp3) is 0. The average Bonchev–Trinajstić information content (AvgIpc) is 1.93. The average molecular weight is 191 g/mol. The highest BCUT2D eigenvalue weighted by Gasteiger charge is 1.95. The molecule has 0 unspecified atom stereocenters. The van der Waals surface area contributed by atoms with Gasteiger partial charge in [0.1, 0.15) is 11.6 Å². The topological polar surface area (TPSA) is 9.23 Å². The summed E-state index contributed by atoms with van der Waals surface area (Å²) in [4.78, 5) is 0. The second-order valence-corrected chi connectivity index (χ2v) is 2.73. The first-order valence-corrected chi connectivity index (χ1v) is 3.60. The summed E-state index contributed by atoms with van der Waals surface area (Å²) in [6.07, 6.45) is 0. The summed E-state index contributed by atoms with van der Waals surface area (Å²) in [6.45, 7) is 0. The molecule has 0 saturated heterocycles. The first-order chi connectivity index (χ1) is 5.18. The lowest BCUT2D eigenvalue weighted by molar-refractivity contribution is 0.570. The maximum atomic E-state index is 12.3. The van der Waals surface area contributed by atoms with E-state index in [9.17, 15) is 4.39 Å². The second kappa shape index (κ2) is 3.64. The van der Waals surface area contributed by atoms with Crippen molar-refractivity contribution in [2.24, 2.45) is 0 Å². The van der Waals surface area contributed by atoms with Gasteiger partial charge < -0.3 is 4.74 Å². The van der Waals surface area contributed by atoms with Gasteiger partial charge in [-0.1, -0.05) is 0 Å². The molecule has 0 heterocycles. The lowest BCUT2D eigenvalue weighted by atomic mass is 10.3. The van der Waals surface area contributed by atoms with E-state index < -0.39 is 0 Å². The van der Waals surface area contributed by atoms with Gasteiger partial charge in [-0.05, 0) is 48.1 Å². The van der Waals surface area contributed by atoms with Gasteiger partial charge in [-0.15, -0.1) is 0 Å². The van der Waals surface area contributed by atoms with Gasteiger partial charge in [-0.3, -0.25) is 0 Å². The van der Waals surface area contributed by atoms with E-state index in [2.05, 4.69) is 12.2 Å². The second-order valence-electron chi connectivity index (χ2n) is 1.79. The first-order valence-electron chi connectivity index (χ1n) is 2.81. The minimum absolute atomic E-state index is 0.100. The van der Waals surface area contributed by atoms with E-state index >= 15 is 0 Å². The lowest BCUT2D eigenvalue weighted by Gasteiger charge is -1.99. The van der Waals surface area contributed by atoms with Gasteiger partial charge in [0.05, 0.1) is 0 Å². The molecule has 0 radical (unpaired) electrons. The van der Waals surface area contributed by atoms with Crippen LogP contribution in [0.5, 0.6) is 5.75 Å². The summed E-state index contributed by atoms with van der Waals surface area (Å²) in [5, 5.41) is 0. The van der Waals surface area contributed by atoms with E-state index in [0.717, 1.165) is 0 Å². The number of thiocarbonyl (C=S) groups is 1. The third-order valence-electron chi connectivity index (χ3n) is 1.01. The summed E-state index contributed by atoms with van der Waals surface area (Å²) in [5.41, 5.74) is 0. The molecular weight excluding hydrogens is 187 g/mol. The zero-order valence-corrected chi connectivity index (χ0v) is 6.95. The van der Waals surface area contributed by atoms with Crippen LogP contribution in [0.2, 0.25) is 0 Å². The predicted octanol–water partition coefficient (Wildman–Crippen LogP) is 2.73. The fourth-order valence-corrected chi connectivity index (χ4v) is 0.781. The minimum Gasteiger partial charge on any atom is -0.436 e. The Labute approximate surface area is 73.7 Å². The molecule has 1 rings (SSSR count). The monoisotopic (exact) mass is 190 g/mol. The Bertz CT molecular complexity index is 260. The number of rotatable bonds is 1. The molecule has 0 N–H and O–H groups in total. The largest absolute Gasteiger partial charge is 0.436 e. The molecule has 0 aliphatic rings. The van der Waals surface area contributed by atoms with Crippen molar-refractivity contribution < 1.29 is 9.13 Å². The predicted molar refractivity (Wildman–Crippen MR) is 45.5 cm³/mol. The van der Waals surface area contributed by atoms with Crippen molar-refractivity contribution in [3.05, 3.63) is 30.1 Å². The van der Waals surface area contributed by atoms with Gasteiger partial charge in [0.2, 0.25) is 0 Å². The fourth-order valence-electron chi connectivity index (χ4n) is 0.595. The maximum Gasteiger partial charge on any atom is 0.260 e. The number of benzene rings is 1. The van der Waals surface area contributed by atoms with Crippen LogP contribution in [0, 0.1) is 5.82 Å². The molecule has 0 aliphatic carbocycles. The Morgan fingerprint density at radius 3 is 2.36 bits per heavy atom. The summed E-state index contributed by atoms with van der Waals surface area (Å²) in [5.74, 6) is 0.115. The molecule has 0 atom stereocenters. The number of halogens is 2. The molecule has 0 aliphatic heterocycles. The molecular formula is C7H4ClFOS. The number of ether oxygens (including phenoxy) is 1. The lowest BCUT2D eigenvalue weighted by Crippen LogP contribution is -1.94. The highest BCUT2D eigenvalue weighted by Crippen LogP contribution is 2.11. The van der Waals surface area contributed by atoms with Crippen molar-refractivity contribution in [1.29, 1.82) is 0 Å². The van der Waals surface area contributed by atoms with Crippen LogP contribution >= 0.6 is 23.8 Å². The van der Waals surface area contributed by atoms with Crippen molar-refractivity contribution in [3.63, 3.8) is 0 Å². The number of hydrogen-bond donors (Lipinski definition) is 0.